The van der Waals surface area contributed by atoms with E-state index in [1.165, 1.54) is 12.1 Å². The zero-order valence-corrected chi connectivity index (χ0v) is 18.4. The van der Waals surface area contributed by atoms with Crippen LogP contribution in [-0.2, 0) is 14.4 Å². The Morgan fingerprint density at radius 2 is 1.27 bits per heavy atom. The standard InChI is InChI=1S/C23H24N2O8/c1-14(26)31-20-11-18(12-21(32-15(2)27)22(20)33-16(3)28)23(30)25-10-9-24-13-19(29)17-7-5-4-6-8-17/h4-8,11-12,24H,9-10,13H2,1-3H3,(H,25,30). The lowest BCUT2D eigenvalue weighted by molar-refractivity contribution is -0.135. The second kappa shape index (κ2) is 12.1. The summed E-state index contributed by atoms with van der Waals surface area (Å²) in [5, 5.41) is 5.57. The minimum Gasteiger partial charge on any atom is -0.423 e. The van der Waals surface area contributed by atoms with Crippen LogP contribution in [0.15, 0.2) is 42.5 Å². The van der Waals surface area contributed by atoms with Gasteiger partial charge >= 0.3 is 17.9 Å². The van der Waals surface area contributed by atoms with Crippen molar-refractivity contribution in [1.82, 2.24) is 10.6 Å². The maximum Gasteiger partial charge on any atom is 0.308 e. The Balaban J connectivity index is 2.06. The monoisotopic (exact) mass is 456 g/mol. The molecule has 0 bridgehead atoms. The quantitative estimate of drug-likeness (QED) is 0.237. The predicted octanol–water partition coefficient (Wildman–Crippen LogP) is 1.66. The molecule has 174 valence electrons. The molecule has 0 atom stereocenters. The van der Waals surface area contributed by atoms with Gasteiger partial charge in [-0.15, -0.1) is 0 Å². The van der Waals surface area contributed by atoms with Crippen molar-refractivity contribution < 1.29 is 38.2 Å². The highest BCUT2D eigenvalue weighted by Gasteiger charge is 2.22. The lowest BCUT2D eigenvalue weighted by Gasteiger charge is -2.15. The maximum atomic E-state index is 12.6. The number of hydrogen-bond acceptors (Lipinski definition) is 9. The molecule has 2 N–H and O–H groups in total. The summed E-state index contributed by atoms with van der Waals surface area (Å²) in [6, 6.07) is 11.2. The Morgan fingerprint density at radius 1 is 0.727 bits per heavy atom. The van der Waals surface area contributed by atoms with E-state index >= 15 is 0 Å². The molecule has 0 saturated heterocycles. The molecular weight excluding hydrogens is 432 g/mol. The SMILES string of the molecule is CC(=O)Oc1cc(C(=O)NCCNCC(=O)c2ccccc2)cc(OC(C)=O)c1OC(C)=O. The van der Waals surface area contributed by atoms with Crippen molar-refractivity contribution in [2.45, 2.75) is 20.8 Å². The number of hydrogen-bond donors (Lipinski definition) is 2. The first-order valence-electron chi connectivity index (χ1n) is 9.97. The van der Waals surface area contributed by atoms with Crippen LogP contribution < -0.4 is 24.8 Å². The summed E-state index contributed by atoms with van der Waals surface area (Å²) in [6.45, 7) is 3.95. The summed E-state index contributed by atoms with van der Waals surface area (Å²) < 4.78 is 15.1. The zero-order chi connectivity index (χ0) is 24.4. The molecule has 33 heavy (non-hydrogen) atoms. The zero-order valence-electron chi connectivity index (χ0n) is 18.4. The third kappa shape index (κ3) is 8.19. The van der Waals surface area contributed by atoms with E-state index in [1.54, 1.807) is 24.3 Å². The van der Waals surface area contributed by atoms with Gasteiger partial charge in [0.05, 0.1) is 6.54 Å². The van der Waals surface area contributed by atoms with Crippen LogP contribution in [-0.4, -0.2) is 49.2 Å². The summed E-state index contributed by atoms with van der Waals surface area (Å²) >= 11 is 0. The van der Waals surface area contributed by atoms with Crippen LogP contribution in [0.1, 0.15) is 41.5 Å². The Hall–Kier alpha value is -4.05. The van der Waals surface area contributed by atoms with Crippen molar-refractivity contribution in [2.75, 3.05) is 19.6 Å². The van der Waals surface area contributed by atoms with Crippen molar-refractivity contribution in [3.05, 3.63) is 53.6 Å². The topological polar surface area (TPSA) is 137 Å². The smallest absolute Gasteiger partial charge is 0.308 e. The number of benzene rings is 2. The van der Waals surface area contributed by atoms with E-state index in [-0.39, 0.29) is 41.7 Å². The van der Waals surface area contributed by atoms with E-state index in [0.717, 1.165) is 20.8 Å². The molecule has 0 heterocycles. The van der Waals surface area contributed by atoms with Crippen molar-refractivity contribution in [3.63, 3.8) is 0 Å². The number of Topliss-reactive ketones (excluding diaryl/α,β-unsaturated/α-hetero) is 1. The number of ketones is 1. The van der Waals surface area contributed by atoms with Crippen LogP contribution in [0.4, 0.5) is 0 Å². The van der Waals surface area contributed by atoms with E-state index in [9.17, 15) is 24.0 Å². The van der Waals surface area contributed by atoms with Crippen LogP contribution in [0.3, 0.4) is 0 Å². The lowest BCUT2D eigenvalue weighted by Crippen LogP contribution is -2.34. The maximum absolute atomic E-state index is 12.6. The molecule has 2 rings (SSSR count). The van der Waals surface area contributed by atoms with Gasteiger partial charge in [-0.2, -0.15) is 0 Å². The molecule has 0 unspecified atom stereocenters. The molecule has 0 fully saturated rings. The van der Waals surface area contributed by atoms with Gasteiger partial charge in [-0.1, -0.05) is 30.3 Å². The van der Waals surface area contributed by atoms with E-state index < -0.39 is 23.8 Å². The third-order valence-electron chi connectivity index (χ3n) is 4.00. The van der Waals surface area contributed by atoms with Gasteiger partial charge in [-0.25, -0.2) is 0 Å². The second-order valence-electron chi connectivity index (χ2n) is 6.80. The molecule has 0 aliphatic carbocycles. The van der Waals surface area contributed by atoms with E-state index in [1.807, 2.05) is 6.07 Å². The summed E-state index contributed by atoms with van der Waals surface area (Å²) in [7, 11) is 0. The van der Waals surface area contributed by atoms with Gasteiger partial charge in [0, 0.05) is 45.0 Å². The van der Waals surface area contributed by atoms with Gasteiger partial charge in [-0.05, 0) is 12.1 Å². The van der Waals surface area contributed by atoms with Crippen LogP contribution in [0.2, 0.25) is 0 Å². The van der Waals surface area contributed by atoms with Gasteiger partial charge in [-0.3, -0.25) is 24.0 Å². The van der Waals surface area contributed by atoms with Gasteiger partial charge in [0.1, 0.15) is 0 Å². The Morgan fingerprint density at radius 3 is 1.79 bits per heavy atom. The molecule has 0 aromatic heterocycles. The second-order valence-corrected chi connectivity index (χ2v) is 6.80. The molecule has 10 heteroatoms. The van der Waals surface area contributed by atoms with E-state index in [4.69, 9.17) is 14.2 Å². The molecule has 0 aliphatic rings. The van der Waals surface area contributed by atoms with Crippen molar-refractivity contribution in [3.8, 4) is 17.2 Å². The fourth-order valence-electron chi connectivity index (χ4n) is 2.71. The molecule has 2 aromatic rings. The normalized spacial score (nSPS) is 10.2. The molecule has 2 aromatic carbocycles. The van der Waals surface area contributed by atoms with Gasteiger partial charge < -0.3 is 24.8 Å². The average Bonchev–Trinajstić information content (AvgIpc) is 2.74. The lowest BCUT2D eigenvalue weighted by atomic mass is 10.1. The fraction of sp³-hybridized carbons (Fsp3) is 0.261. The van der Waals surface area contributed by atoms with Crippen molar-refractivity contribution in [2.24, 2.45) is 0 Å². The molecule has 0 saturated carbocycles. The molecule has 1 amide bonds. The van der Waals surface area contributed by atoms with Crippen LogP contribution in [0.5, 0.6) is 17.2 Å². The summed E-state index contributed by atoms with van der Waals surface area (Å²) in [5.74, 6) is -3.68. The van der Waals surface area contributed by atoms with E-state index in [2.05, 4.69) is 10.6 Å². The van der Waals surface area contributed by atoms with Crippen LogP contribution in [0, 0.1) is 0 Å². The highest BCUT2D eigenvalue weighted by atomic mass is 16.6. The van der Waals surface area contributed by atoms with E-state index in [0.29, 0.717) is 12.1 Å². The molecule has 10 nitrogen and oxygen atoms in total. The Kier molecular flexibility index (Phi) is 9.25. The average molecular weight is 456 g/mol. The molecule has 0 aliphatic heterocycles. The highest BCUT2D eigenvalue weighted by molar-refractivity contribution is 5.98. The third-order valence-corrected chi connectivity index (χ3v) is 4.00. The Labute approximate surface area is 190 Å². The predicted molar refractivity (Wildman–Crippen MR) is 116 cm³/mol. The first-order valence-corrected chi connectivity index (χ1v) is 9.97. The number of amides is 1. The first kappa shape index (κ1) is 25.2. The molecule has 0 radical (unpaired) electrons. The number of carbonyl (C=O) groups is 5. The minimum absolute atomic E-state index is 0.00114. The van der Waals surface area contributed by atoms with Gasteiger partial charge in [0.25, 0.3) is 5.91 Å². The number of esters is 3. The van der Waals surface area contributed by atoms with Crippen molar-refractivity contribution in [1.29, 1.82) is 0 Å². The Bertz CT molecular complexity index is 1010. The number of carbonyl (C=O) groups excluding carboxylic acids is 5. The molecule has 0 spiro atoms. The highest BCUT2D eigenvalue weighted by Crippen LogP contribution is 2.39. The number of nitrogens with one attached hydrogen (secondary N) is 2. The van der Waals surface area contributed by atoms with Gasteiger partial charge in [0.2, 0.25) is 5.75 Å². The summed E-state index contributed by atoms with van der Waals surface area (Å²) in [4.78, 5) is 59.0. The fourth-order valence-corrected chi connectivity index (χ4v) is 2.71. The van der Waals surface area contributed by atoms with Crippen LogP contribution in [0.25, 0.3) is 0 Å². The first-order chi connectivity index (χ1) is 15.7. The van der Waals surface area contributed by atoms with Gasteiger partial charge in [0.15, 0.2) is 17.3 Å². The van der Waals surface area contributed by atoms with Crippen LogP contribution >= 0.6 is 0 Å². The minimum atomic E-state index is -0.745. The number of rotatable bonds is 10. The number of ether oxygens (including phenoxy) is 3. The molecular formula is C23H24N2O8. The largest absolute Gasteiger partial charge is 0.423 e. The van der Waals surface area contributed by atoms with Crippen molar-refractivity contribution >= 4 is 29.6 Å². The summed E-state index contributed by atoms with van der Waals surface area (Å²) in [5.41, 5.74) is 0.580. The summed E-state index contributed by atoms with van der Waals surface area (Å²) in [6.07, 6.45) is 0.